The van der Waals surface area contributed by atoms with Crippen LogP contribution in [0.3, 0.4) is 0 Å². The van der Waals surface area contributed by atoms with E-state index >= 15 is 0 Å². The zero-order valence-electron chi connectivity index (χ0n) is 30.1. The summed E-state index contributed by atoms with van der Waals surface area (Å²) in [5.41, 5.74) is 2.16. The predicted molar refractivity (Wildman–Crippen MR) is 190 cm³/mol. The molecular weight excluding hydrogens is 569 g/mol. The molecule has 1 aromatic carbocycles. The SMILES string of the molecule is C=CCc1c(OC)cccc1C(C#CCC[C@H](CO[Si](C)(C)C(C)(C)C)O[Si](C)(C)C(C)(C)C)O[Si](C)(C)C(C)(C)C. The summed E-state index contributed by atoms with van der Waals surface area (Å²) in [4.78, 5) is 0. The Morgan fingerprint density at radius 2 is 1.33 bits per heavy atom. The number of hydrogen-bond donors (Lipinski definition) is 0. The first-order valence-electron chi connectivity index (χ1n) is 15.6. The van der Waals surface area contributed by atoms with Crippen molar-refractivity contribution in [3.8, 4) is 17.6 Å². The summed E-state index contributed by atoms with van der Waals surface area (Å²) in [5.74, 6) is 7.93. The number of ether oxygens (including phenoxy) is 1. The monoisotopic (exact) mass is 632 g/mol. The summed E-state index contributed by atoms with van der Waals surface area (Å²) in [6.07, 6.45) is 3.85. The van der Waals surface area contributed by atoms with Crippen molar-refractivity contribution in [2.24, 2.45) is 0 Å². The lowest BCUT2D eigenvalue weighted by Gasteiger charge is -2.41. The Hall–Kier alpha value is -1.15. The zero-order chi connectivity index (χ0) is 32.8. The Kier molecular flexibility index (Phi) is 13.7. The molecule has 7 heteroatoms. The normalized spacial score (nSPS) is 15.0. The van der Waals surface area contributed by atoms with Crippen molar-refractivity contribution in [1.29, 1.82) is 0 Å². The van der Waals surface area contributed by atoms with Gasteiger partial charge in [0.1, 0.15) is 11.9 Å². The largest absolute Gasteiger partial charge is 0.496 e. The lowest BCUT2D eigenvalue weighted by Crippen LogP contribution is -2.47. The van der Waals surface area contributed by atoms with Gasteiger partial charge in [0.25, 0.3) is 0 Å². The summed E-state index contributed by atoms with van der Waals surface area (Å²) in [7, 11) is -4.28. The van der Waals surface area contributed by atoms with E-state index in [1.807, 2.05) is 18.2 Å². The molecule has 0 N–H and O–H groups in total. The van der Waals surface area contributed by atoms with Crippen molar-refractivity contribution < 1.29 is 18.0 Å². The van der Waals surface area contributed by atoms with Crippen LogP contribution in [0, 0.1) is 11.8 Å². The summed E-state index contributed by atoms with van der Waals surface area (Å²) in [6.45, 7) is 39.0. The van der Waals surface area contributed by atoms with Crippen LogP contribution in [0.1, 0.15) is 92.4 Å². The Bertz CT molecular complexity index is 1080. The van der Waals surface area contributed by atoms with E-state index in [-0.39, 0.29) is 27.3 Å². The lowest BCUT2D eigenvalue weighted by atomic mass is 9.98. The van der Waals surface area contributed by atoms with Gasteiger partial charge >= 0.3 is 0 Å². The molecule has 0 amide bonds. The molecule has 240 valence electrons. The average Bonchev–Trinajstić information content (AvgIpc) is 2.82. The molecule has 0 saturated carbocycles. The average molecular weight is 633 g/mol. The number of allylic oxidation sites excluding steroid dienone is 1. The van der Waals surface area contributed by atoms with E-state index in [0.29, 0.717) is 13.0 Å². The Morgan fingerprint density at radius 3 is 1.81 bits per heavy atom. The first kappa shape index (κ1) is 38.9. The van der Waals surface area contributed by atoms with Crippen molar-refractivity contribution in [2.75, 3.05) is 13.7 Å². The summed E-state index contributed by atoms with van der Waals surface area (Å²) in [5, 5.41) is 0.347. The van der Waals surface area contributed by atoms with Gasteiger partial charge in [-0.1, -0.05) is 86.4 Å². The van der Waals surface area contributed by atoms with E-state index < -0.39 is 25.0 Å². The molecule has 42 heavy (non-hydrogen) atoms. The van der Waals surface area contributed by atoms with Gasteiger partial charge in [0.2, 0.25) is 0 Å². The van der Waals surface area contributed by atoms with Crippen LogP contribution in [0.15, 0.2) is 30.9 Å². The van der Waals surface area contributed by atoms with Crippen LogP contribution in [0.2, 0.25) is 54.4 Å². The smallest absolute Gasteiger partial charge is 0.194 e. The molecule has 0 bridgehead atoms. The van der Waals surface area contributed by atoms with E-state index in [4.69, 9.17) is 18.0 Å². The second-order valence-electron chi connectivity index (χ2n) is 16.2. The molecule has 0 spiro atoms. The maximum Gasteiger partial charge on any atom is 0.194 e. The molecule has 4 nitrogen and oxygen atoms in total. The highest BCUT2D eigenvalue weighted by atomic mass is 28.4. The van der Waals surface area contributed by atoms with Crippen molar-refractivity contribution in [2.45, 2.75) is 148 Å². The van der Waals surface area contributed by atoms with Crippen LogP contribution in [-0.4, -0.2) is 44.8 Å². The van der Waals surface area contributed by atoms with Crippen molar-refractivity contribution in [3.05, 3.63) is 42.0 Å². The van der Waals surface area contributed by atoms with Gasteiger partial charge in [0.05, 0.1) is 19.8 Å². The predicted octanol–water partition coefficient (Wildman–Crippen LogP) is 10.7. The maximum atomic E-state index is 6.97. The third kappa shape index (κ3) is 10.8. The second kappa shape index (κ2) is 14.8. The molecule has 0 aliphatic carbocycles. The minimum Gasteiger partial charge on any atom is -0.496 e. The molecule has 0 saturated heterocycles. The van der Waals surface area contributed by atoms with Crippen LogP contribution >= 0.6 is 0 Å². The fraction of sp³-hybridized carbons (Fsp3) is 0.714. The highest BCUT2D eigenvalue weighted by Gasteiger charge is 2.42. The van der Waals surface area contributed by atoms with Crippen molar-refractivity contribution in [3.63, 3.8) is 0 Å². The van der Waals surface area contributed by atoms with E-state index in [1.54, 1.807) is 7.11 Å². The lowest BCUT2D eigenvalue weighted by molar-refractivity contribution is 0.102. The van der Waals surface area contributed by atoms with Crippen molar-refractivity contribution >= 4 is 25.0 Å². The number of methoxy groups -OCH3 is 1. The quantitative estimate of drug-likeness (QED) is 0.123. The molecule has 1 aromatic rings. The van der Waals surface area contributed by atoms with Gasteiger partial charge in [-0.15, -0.1) is 12.5 Å². The molecular formula is C35H64O4Si3. The third-order valence-corrected chi connectivity index (χ3v) is 23.2. The van der Waals surface area contributed by atoms with Gasteiger partial charge in [-0.2, -0.15) is 0 Å². The number of benzene rings is 1. The topological polar surface area (TPSA) is 36.9 Å². The van der Waals surface area contributed by atoms with Crippen LogP contribution in [-0.2, 0) is 19.7 Å². The summed E-state index contributed by atoms with van der Waals surface area (Å²) >= 11 is 0. The fourth-order valence-electron chi connectivity index (χ4n) is 3.71. The van der Waals surface area contributed by atoms with Crippen LogP contribution in [0.5, 0.6) is 5.75 Å². The molecule has 0 aromatic heterocycles. The fourth-order valence-corrected chi connectivity index (χ4v) is 7.25. The molecule has 0 fully saturated rings. The molecule has 0 aliphatic rings. The van der Waals surface area contributed by atoms with E-state index in [0.717, 1.165) is 29.7 Å². The van der Waals surface area contributed by atoms with Gasteiger partial charge in [-0.3, -0.25) is 0 Å². The summed E-state index contributed by atoms with van der Waals surface area (Å²) in [6, 6.07) is 6.17. The molecule has 1 unspecified atom stereocenters. The standard InChI is InChI=1S/C35H64O4Si3/c1-18-22-29-30(24-21-26-31(29)36-11)32(39-42(16,17)35(8,9)10)25-20-19-23-28(38-41(14,15)34(5,6)7)27-37-40(12,13)33(2,3)4/h18,21,24,26,28,32H,1,19,22-23,27H2,2-17H3/t28-,32?/m1/s1. The molecule has 0 heterocycles. The Morgan fingerprint density at radius 1 is 0.810 bits per heavy atom. The first-order chi connectivity index (χ1) is 18.9. The van der Waals surface area contributed by atoms with Crippen LogP contribution < -0.4 is 4.74 Å². The van der Waals surface area contributed by atoms with Gasteiger partial charge < -0.3 is 18.0 Å². The minimum atomic E-state index is -2.11. The van der Waals surface area contributed by atoms with Gasteiger partial charge in [-0.25, -0.2) is 0 Å². The molecule has 0 aliphatic heterocycles. The van der Waals surface area contributed by atoms with Crippen LogP contribution in [0.25, 0.3) is 0 Å². The highest BCUT2D eigenvalue weighted by molar-refractivity contribution is 6.75. The van der Waals surface area contributed by atoms with E-state index in [1.165, 1.54) is 0 Å². The van der Waals surface area contributed by atoms with Gasteiger partial charge in [0, 0.05) is 12.0 Å². The van der Waals surface area contributed by atoms with E-state index in [9.17, 15) is 0 Å². The van der Waals surface area contributed by atoms with E-state index in [2.05, 4.69) is 126 Å². The molecule has 1 rings (SSSR count). The molecule has 2 atom stereocenters. The highest BCUT2D eigenvalue weighted by Crippen LogP contribution is 2.42. The Labute approximate surface area is 263 Å². The number of hydrogen-bond acceptors (Lipinski definition) is 4. The minimum absolute atomic E-state index is 0.0159. The zero-order valence-corrected chi connectivity index (χ0v) is 33.1. The Balaban J connectivity index is 3.40. The van der Waals surface area contributed by atoms with Gasteiger partial charge in [-0.05, 0) is 78.9 Å². The van der Waals surface area contributed by atoms with Gasteiger partial charge in [0.15, 0.2) is 25.0 Å². The van der Waals surface area contributed by atoms with Crippen molar-refractivity contribution in [1.82, 2.24) is 0 Å². The maximum absolute atomic E-state index is 6.97. The molecule has 0 radical (unpaired) electrons. The summed E-state index contributed by atoms with van der Waals surface area (Å²) < 4.78 is 26.3. The first-order valence-corrected chi connectivity index (χ1v) is 24.4. The second-order valence-corrected chi connectivity index (χ2v) is 30.5. The van der Waals surface area contributed by atoms with Crippen LogP contribution in [0.4, 0.5) is 0 Å². The third-order valence-electron chi connectivity index (χ3n) is 9.77. The number of rotatable bonds is 13.